The van der Waals surface area contributed by atoms with Crippen LogP contribution in [0.1, 0.15) is 48.9 Å². The molecule has 2 amide bonds. The fourth-order valence-electron chi connectivity index (χ4n) is 4.48. The van der Waals surface area contributed by atoms with Gasteiger partial charge in [-0.05, 0) is 49.3 Å². The number of piperazine rings is 1. The largest absolute Gasteiger partial charge is 0.340 e. The third-order valence-electron chi connectivity index (χ3n) is 6.26. The van der Waals surface area contributed by atoms with Crippen LogP contribution >= 0.6 is 23.4 Å². The maximum Gasteiger partial charge on any atom is 0.253 e. The van der Waals surface area contributed by atoms with Gasteiger partial charge in [-0.25, -0.2) is 0 Å². The molecule has 0 radical (unpaired) electrons. The third kappa shape index (κ3) is 6.63. The summed E-state index contributed by atoms with van der Waals surface area (Å²) >= 11 is 7.85. The molecule has 1 aromatic rings. The lowest BCUT2D eigenvalue weighted by atomic mass is 9.89. The molecule has 5 nitrogen and oxygen atoms in total. The number of carbonyl (C=O) groups is 2. The minimum atomic E-state index is -0.508. The van der Waals surface area contributed by atoms with E-state index in [-0.39, 0.29) is 11.8 Å². The first-order valence-electron chi connectivity index (χ1n) is 11.1. The summed E-state index contributed by atoms with van der Waals surface area (Å²) in [5, 5.41) is 3.35. The lowest BCUT2D eigenvalue weighted by Crippen LogP contribution is -2.55. The van der Waals surface area contributed by atoms with Crippen LogP contribution in [0.15, 0.2) is 24.3 Å². The number of carbonyl (C=O) groups excluding carboxylic acids is 2. The van der Waals surface area contributed by atoms with Gasteiger partial charge in [-0.1, -0.05) is 43.0 Å². The summed E-state index contributed by atoms with van der Waals surface area (Å²) in [5.41, 5.74) is 0.415. The Labute approximate surface area is 189 Å². The number of thioether (sulfide) groups is 1. The molecule has 0 bridgehead atoms. The second kappa shape index (κ2) is 12.0. The molecule has 1 saturated carbocycles. The second-order valence-electron chi connectivity index (χ2n) is 8.42. The van der Waals surface area contributed by atoms with Gasteiger partial charge in [0.05, 0.1) is 10.6 Å². The fourth-order valence-corrected chi connectivity index (χ4v) is 5.17. The Morgan fingerprint density at radius 3 is 2.50 bits per heavy atom. The van der Waals surface area contributed by atoms with Crippen molar-refractivity contribution in [2.75, 3.05) is 44.7 Å². The molecule has 1 unspecified atom stereocenters. The number of hydrogen-bond acceptors (Lipinski definition) is 4. The summed E-state index contributed by atoms with van der Waals surface area (Å²) in [6.07, 6.45) is 9.46. The van der Waals surface area contributed by atoms with E-state index in [1.807, 2.05) is 11.2 Å². The van der Waals surface area contributed by atoms with Crippen LogP contribution in [0.4, 0.5) is 0 Å². The quantitative estimate of drug-likeness (QED) is 0.650. The molecule has 1 saturated heterocycles. The number of hydrogen-bond donors (Lipinski definition) is 1. The normalized spacial score (nSPS) is 19.5. The standard InChI is InChI=1S/C23H34ClN3O2S/c1-30-16-11-21(25-22(28)19-9-5-6-10-20(19)24)23(29)27-14-12-26(13-15-27)17-18-7-3-2-4-8-18/h5-6,9-10,18,21H,2-4,7-8,11-17H2,1H3,(H,25,28). The van der Waals surface area contributed by atoms with E-state index in [1.54, 1.807) is 36.0 Å². The van der Waals surface area contributed by atoms with Crippen LogP contribution < -0.4 is 5.32 Å². The molecule has 166 valence electrons. The highest BCUT2D eigenvalue weighted by molar-refractivity contribution is 7.98. The van der Waals surface area contributed by atoms with Crippen molar-refractivity contribution in [2.45, 2.75) is 44.6 Å². The van der Waals surface area contributed by atoms with E-state index in [1.165, 1.54) is 38.6 Å². The maximum atomic E-state index is 13.2. The molecule has 0 aromatic heterocycles. The predicted octanol–water partition coefficient (Wildman–Crippen LogP) is 3.92. The molecule has 1 aromatic carbocycles. The summed E-state index contributed by atoms with van der Waals surface area (Å²) in [6.45, 7) is 4.50. The predicted molar refractivity (Wildman–Crippen MR) is 125 cm³/mol. The number of halogens is 1. The van der Waals surface area contributed by atoms with Crippen molar-refractivity contribution in [1.82, 2.24) is 15.1 Å². The average Bonchev–Trinajstić information content (AvgIpc) is 2.77. The van der Waals surface area contributed by atoms with E-state index in [9.17, 15) is 9.59 Å². The van der Waals surface area contributed by atoms with Gasteiger partial charge in [0.1, 0.15) is 6.04 Å². The zero-order valence-electron chi connectivity index (χ0n) is 17.9. The Balaban J connectivity index is 1.54. The van der Waals surface area contributed by atoms with Crippen LogP contribution in [0.2, 0.25) is 5.02 Å². The van der Waals surface area contributed by atoms with Gasteiger partial charge >= 0.3 is 0 Å². The van der Waals surface area contributed by atoms with Gasteiger partial charge in [0, 0.05) is 32.7 Å². The molecule has 1 aliphatic carbocycles. The number of benzene rings is 1. The Hall–Kier alpha value is -1.24. The van der Waals surface area contributed by atoms with Crippen molar-refractivity contribution in [1.29, 1.82) is 0 Å². The Morgan fingerprint density at radius 2 is 1.83 bits per heavy atom. The molecule has 1 atom stereocenters. The van der Waals surface area contributed by atoms with Crippen LogP contribution in [0.5, 0.6) is 0 Å². The van der Waals surface area contributed by atoms with E-state index < -0.39 is 6.04 Å². The molecule has 1 heterocycles. The summed E-state index contributed by atoms with van der Waals surface area (Å²) in [6, 6.07) is 6.46. The summed E-state index contributed by atoms with van der Waals surface area (Å²) in [7, 11) is 0. The number of amides is 2. The van der Waals surface area contributed by atoms with E-state index in [0.717, 1.165) is 37.8 Å². The molecule has 3 rings (SSSR count). The Morgan fingerprint density at radius 1 is 1.13 bits per heavy atom. The summed E-state index contributed by atoms with van der Waals surface area (Å²) in [5.74, 6) is 1.39. The highest BCUT2D eigenvalue weighted by Crippen LogP contribution is 2.25. The van der Waals surface area contributed by atoms with Gasteiger partial charge in [0.2, 0.25) is 5.91 Å². The lowest BCUT2D eigenvalue weighted by Gasteiger charge is -2.38. The first-order valence-corrected chi connectivity index (χ1v) is 12.9. The van der Waals surface area contributed by atoms with Gasteiger partial charge in [-0.15, -0.1) is 0 Å². The molecule has 30 heavy (non-hydrogen) atoms. The summed E-state index contributed by atoms with van der Waals surface area (Å²) in [4.78, 5) is 30.4. The van der Waals surface area contributed by atoms with Crippen LogP contribution in [0, 0.1) is 5.92 Å². The van der Waals surface area contributed by atoms with Crippen LogP contribution in [-0.4, -0.2) is 72.4 Å². The number of nitrogens with zero attached hydrogens (tertiary/aromatic N) is 2. The minimum absolute atomic E-state index is 0.0294. The van der Waals surface area contributed by atoms with Crippen molar-refractivity contribution in [3.05, 3.63) is 34.9 Å². The number of nitrogens with one attached hydrogen (secondary N) is 1. The first kappa shape index (κ1) is 23.4. The van der Waals surface area contributed by atoms with E-state index in [0.29, 0.717) is 17.0 Å². The lowest BCUT2D eigenvalue weighted by molar-refractivity contribution is -0.135. The molecule has 1 N–H and O–H groups in total. The third-order valence-corrected chi connectivity index (χ3v) is 7.23. The molecular formula is C23H34ClN3O2S. The highest BCUT2D eigenvalue weighted by Gasteiger charge is 2.29. The monoisotopic (exact) mass is 451 g/mol. The SMILES string of the molecule is CSCCC(NC(=O)c1ccccc1Cl)C(=O)N1CCN(CC2CCCCC2)CC1. The molecule has 2 fully saturated rings. The van der Waals surface area contributed by atoms with Crippen LogP contribution in [0.25, 0.3) is 0 Å². The van der Waals surface area contributed by atoms with E-state index in [4.69, 9.17) is 11.6 Å². The fraction of sp³-hybridized carbons (Fsp3) is 0.652. The van der Waals surface area contributed by atoms with E-state index in [2.05, 4.69) is 10.2 Å². The molecule has 7 heteroatoms. The van der Waals surface area contributed by atoms with Crippen molar-refractivity contribution >= 4 is 35.2 Å². The Kier molecular flexibility index (Phi) is 9.34. The molecule has 0 spiro atoms. The average molecular weight is 452 g/mol. The zero-order valence-corrected chi connectivity index (χ0v) is 19.5. The second-order valence-corrected chi connectivity index (χ2v) is 9.81. The smallest absolute Gasteiger partial charge is 0.253 e. The minimum Gasteiger partial charge on any atom is -0.340 e. The van der Waals surface area contributed by atoms with Gasteiger partial charge in [-0.2, -0.15) is 11.8 Å². The van der Waals surface area contributed by atoms with Crippen molar-refractivity contribution in [3.63, 3.8) is 0 Å². The molecular weight excluding hydrogens is 418 g/mol. The van der Waals surface area contributed by atoms with Crippen LogP contribution in [0.3, 0.4) is 0 Å². The highest BCUT2D eigenvalue weighted by atomic mass is 35.5. The van der Waals surface area contributed by atoms with Crippen molar-refractivity contribution < 1.29 is 9.59 Å². The number of rotatable bonds is 8. The van der Waals surface area contributed by atoms with Gasteiger partial charge < -0.3 is 10.2 Å². The van der Waals surface area contributed by atoms with Crippen molar-refractivity contribution in [3.8, 4) is 0 Å². The van der Waals surface area contributed by atoms with Crippen molar-refractivity contribution in [2.24, 2.45) is 5.92 Å². The zero-order chi connectivity index (χ0) is 21.3. The maximum absolute atomic E-state index is 13.2. The summed E-state index contributed by atoms with van der Waals surface area (Å²) < 4.78 is 0. The Bertz CT molecular complexity index is 703. The van der Waals surface area contributed by atoms with Gasteiger partial charge in [-0.3, -0.25) is 14.5 Å². The van der Waals surface area contributed by atoms with Gasteiger partial charge in [0.15, 0.2) is 0 Å². The first-order chi connectivity index (χ1) is 14.6. The topological polar surface area (TPSA) is 52.7 Å². The van der Waals surface area contributed by atoms with Crippen LogP contribution in [-0.2, 0) is 4.79 Å². The van der Waals surface area contributed by atoms with Gasteiger partial charge in [0.25, 0.3) is 5.91 Å². The molecule has 2 aliphatic rings. The van der Waals surface area contributed by atoms with E-state index >= 15 is 0 Å². The molecule has 1 aliphatic heterocycles.